The van der Waals surface area contributed by atoms with E-state index in [0.29, 0.717) is 19.0 Å². The third kappa shape index (κ3) is 3.42. The van der Waals surface area contributed by atoms with Crippen LogP contribution in [0.2, 0.25) is 0 Å². The molecule has 27 heavy (non-hydrogen) atoms. The lowest BCUT2D eigenvalue weighted by atomic mass is 9.92. The molecule has 4 rings (SSSR count). The Morgan fingerprint density at radius 3 is 2.96 bits per heavy atom. The Kier molecular flexibility index (Phi) is 5.09. The van der Waals surface area contributed by atoms with Crippen LogP contribution in [0.4, 0.5) is 5.82 Å². The molecule has 2 aliphatic rings. The lowest BCUT2D eigenvalue weighted by Gasteiger charge is -2.23. The summed E-state index contributed by atoms with van der Waals surface area (Å²) in [5.74, 6) is 1.13. The van der Waals surface area contributed by atoms with Crippen LogP contribution in [0.15, 0.2) is 25.2 Å². The van der Waals surface area contributed by atoms with E-state index in [2.05, 4.69) is 26.8 Å². The van der Waals surface area contributed by atoms with Crippen molar-refractivity contribution in [3.63, 3.8) is 0 Å². The summed E-state index contributed by atoms with van der Waals surface area (Å²) in [6.07, 6.45) is 6.81. The molecular weight excluding hydrogens is 346 g/mol. The zero-order valence-electron chi connectivity index (χ0n) is 15.5. The zero-order valence-corrected chi connectivity index (χ0v) is 15.5. The van der Waals surface area contributed by atoms with Crippen LogP contribution in [0.1, 0.15) is 24.3 Å². The highest BCUT2D eigenvalue weighted by atomic mass is 16.5. The number of fused-ring (bicyclic) bond motifs is 1. The molecule has 2 N–H and O–H groups in total. The summed E-state index contributed by atoms with van der Waals surface area (Å²) in [5, 5.41) is 4.52. The second-order valence-corrected chi connectivity index (χ2v) is 7.05. The molecule has 0 saturated carbocycles. The van der Waals surface area contributed by atoms with E-state index < -0.39 is 0 Å². The van der Waals surface area contributed by atoms with Crippen molar-refractivity contribution in [2.24, 2.45) is 0 Å². The summed E-state index contributed by atoms with van der Waals surface area (Å²) in [4.78, 5) is 25.9. The van der Waals surface area contributed by atoms with Gasteiger partial charge < -0.3 is 24.7 Å². The van der Waals surface area contributed by atoms with Gasteiger partial charge in [0.05, 0.1) is 17.5 Å². The van der Waals surface area contributed by atoms with Crippen molar-refractivity contribution in [3.05, 3.63) is 30.7 Å². The fourth-order valence-corrected chi connectivity index (χ4v) is 4.06. The quantitative estimate of drug-likeness (QED) is 0.777. The number of aromatic amines is 1. The van der Waals surface area contributed by atoms with Gasteiger partial charge in [-0.1, -0.05) is 6.58 Å². The normalized spacial score (nSPS) is 23.7. The maximum Gasteiger partial charge on any atom is 0.246 e. The van der Waals surface area contributed by atoms with Gasteiger partial charge in [-0.15, -0.1) is 0 Å². The number of methoxy groups -OCH3 is 1. The van der Waals surface area contributed by atoms with E-state index in [9.17, 15) is 4.79 Å². The van der Waals surface area contributed by atoms with E-state index in [4.69, 9.17) is 9.47 Å². The van der Waals surface area contributed by atoms with Gasteiger partial charge in [0, 0.05) is 39.6 Å². The van der Waals surface area contributed by atoms with Crippen LogP contribution in [0.25, 0.3) is 11.0 Å². The molecule has 2 aliphatic heterocycles. The number of anilines is 1. The molecule has 2 aromatic rings. The first-order chi connectivity index (χ1) is 13.2. The fraction of sp³-hybridized carbons (Fsp3) is 0.526. The number of ether oxygens (including phenoxy) is 2. The minimum absolute atomic E-state index is 0.0468. The molecule has 0 unspecified atom stereocenters. The summed E-state index contributed by atoms with van der Waals surface area (Å²) in [7, 11) is 1.67. The zero-order chi connectivity index (χ0) is 18.8. The summed E-state index contributed by atoms with van der Waals surface area (Å²) < 4.78 is 11.1. The van der Waals surface area contributed by atoms with Gasteiger partial charge in [-0.25, -0.2) is 9.97 Å². The Morgan fingerprint density at radius 1 is 1.41 bits per heavy atom. The molecule has 0 bridgehead atoms. The Labute approximate surface area is 158 Å². The second-order valence-electron chi connectivity index (χ2n) is 7.05. The number of carbonyl (C=O) groups is 1. The third-order valence-corrected chi connectivity index (χ3v) is 5.54. The van der Waals surface area contributed by atoms with Crippen LogP contribution in [-0.2, 0) is 14.3 Å². The number of amides is 1. The molecular formula is C19H25N5O3. The molecule has 0 radical (unpaired) electrons. The molecule has 8 heteroatoms. The largest absolute Gasteiger partial charge is 0.381 e. The van der Waals surface area contributed by atoms with Crippen molar-refractivity contribution in [1.29, 1.82) is 0 Å². The van der Waals surface area contributed by atoms with Gasteiger partial charge in [-0.2, -0.15) is 0 Å². The highest BCUT2D eigenvalue weighted by Crippen LogP contribution is 2.35. The standard InChI is InChI=1S/C19H25N5O3/c1-3-16(25)24-9-14(15(10-24)26-2)23-19-17-13(12-4-6-27-7-5-12)8-20-18(17)21-11-22-19/h3,8,11-12,14-15H,1,4-7,9-10H2,2H3,(H2,20,21,22,23)/t14-,15-/m1/s1. The number of hydrogen-bond donors (Lipinski definition) is 2. The first-order valence-electron chi connectivity index (χ1n) is 9.31. The molecule has 0 spiro atoms. The van der Waals surface area contributed by atoms with Gasteiger partial charge in [-0.05, 0) is 30.4 Å². The van der Waals surface area contributed by atoms with Crippen molar-refractivity contribution < 1.29 is 14.3 Å². The Morgan fingerprint density at radius 2 is 2.22 bits per heavy atom. The molecule has 1 amide bonds. The summed E-state index contributed by atoms with van der Waals surface area (Å²) >= 11 is 0. The second kappa shape index (κ2) is 7.66. The van der Waals surface area contributed by atoms with Gasteiger partial charge >= 0.3 is 0 Å². The highest BCUT2D eigenvalue weighted by molar-refractivity contribution is 5.91. The molecule has 0 aliphatic carbocycles. The number of aromatic nitrogens is 3. The van der Waals surface area contributed by atoms with Crippen molar-refractivity contribution in [2.75, 3.05) is 38.7 Å². The van der Waals surface area contributed by atoms with Gasteiger partial charge in [0.15, 0.2) is 0 Å². The van der Waals surface area contributed by atoms with Crippen molar-refractivity contribution in [2.45, 2.75) is 30.9 Å². The van der Waals surface area contributed by atoms with Crippen LogP contribution in [0, 0.1) is 0 Å². The van der Waals surface area contributed by atoms with Gasteiger partial charge in [0.25, 0.3) is 0 Å². The predicted octanol–water partition coefficient (Wildman–Crippen LogP) is 1.68. The van der Waals surface area contributed by atoms with Gasteiger partial charge in [-0.3, -0.25) is 4.79 Å². The fourth-order valence-electron chi connectivity index (χ4n) is 4.06. The van der Waals surface area contributed by atoms with Gasteiger partial charge in [0.1, 0.15) is 17.8 Å². The molecule has 2 saturated heterocycles. The molecule has 2 aromatic heterocycles. The van der Waals surface area contributed by atoms with Crippen molar-refractivity contribution >= 4 is 22.8 Å². The Bertz CT molecular complexity index is 830. The smallest absolute Gasteiger partial charge is 0.246 e. The minimum atomic E-state index is -0.107. The lowest BCUT2D eigenvalue weighted by molar-refractivity contribution is -0.125. The van der Waals surface area contributed by atoms with E-state index in [1.165, 1.54) is 11.6 Å². The van der Waals surface area contributed by atoms with E-state index in [-0.39, 0.29) is 18.1 Å². The van der Waals surface area contributed by atoms with Crippen LogP contribution < -0.4 is 5.32 Å². The summed E-state index contributed by atoms with van der Waals surface area (Å²) in [5.41, 5.74) is 2.04. The Balaban J connectivity index is 1.62. The van der Waals surface area contributed by atoms with Crippen LogP contribution >= 0.6 is 0 Å². The monoisotopic (exact) mass is 371 g/mol. The number of nitrogens with zero attached hydrogens (tertiary/aromatic N) is 3. The van der Waals surface area contributed by atoms with Crippen LogP contribution in [0.5, 0.6) is 0 Å². The minimum Gasteiger partial charge on any atom is -0.381 e. The maximum atomic E-state index is 12.0. The number of H-pyrrole nitrogens is 1. The van der Waals surface area contributed by atoms with E-state index in [1.807, 2.05) is 6.20 Å². The number of rotatable bonds is 5. The Hall–Kier alpha value is -2.45. The number of carbonyl (C=O) groups excluding carboxylic acids is 1. The maximum absolute atomic E-state index is 12.0. The number of nitrogens with one attached hydrogen (secondary N) is 2. The average Bonchev–Trinajstić information content (AvgIpc) is 3.33. The van der Waals surface area contributed by atoms with Crippen molar-refractivity contribution in [1.82, 2.24) is 19.9 Å². The molecule has 4 heterocycles. The first-order valence-corrected chi connectivity index (χ1v) is 9.31. The van der Waals surface area contributed by atoms with Gasteiger partial charge in [0.2, 0.25) is 5.91 Å². The van der Waals surface area contributed by atoms with Crippen molar-refractivity contribution in [3.8, 4) is 0 Å². The van der Waals surface area contributed by atoms with E-state index >= 15 is 0 Å². The first kappa shape index (κ1) is 17.9. The summed E-state index contributed by atoms with van der Waals surface area (Å²) in [6, 6.07) is -0.0468. The highest BCUT2D eigenvalue weighted by Gasteiger charge is 2.35. The predicted molar refractivity (Wildman–Crippen MR) is 102 cm³/mol. The molecule has 8 nitrogen and oxygen atoms in total. The lowest BCUT2D eigenvalue weighted by Crippen LogP contribution is -2.34. The van der Waals surface area contributed by atoms with E-state index in [0.717, 1.165) is 42.9 Å². The molecule has 144 valence electrons. The average molecular weight is 371 g/mol. The van der Waals surface area contributed by atoms with Crippen LogP contribution in [0.3, 0.4) is 0 Å². The molecule has 0 aromatic carbocycles. The number of likely N-dealkylation sites (tertiary alicyclic amines) is 1. The number of hydrogen-bond acceptors (Lipinski definition) is 6. The SMILES string of the molecule is C=CC(=O)N1C[C@@H](Nc2ncnc3[nH]cc(C4CCOCC4)c23)[C@H](OC)C1. The molecule has 2 fully saturated rings. The van der Waals surface area contributed by atoms with Crippen LogP contribution in [-0.4, -0.2) is 71.3 Å². The summed E-state index contributed by atoms with van der Waals surface area (Å²) in [6.45, 7) is 6.21. The van der Waals surface area contributed by atoms with E-state index in [1.54, 1.807) is 18.3 Å². The third-order valence-electron chi connectivity index (χ3n) is 5.54. The molecule has 2 atom stereocenters. The topological polar surface area (TPSA) is 92.4 Å².